The van der Waals surface area contributed by atoms with E-state index in [1.54, 1.807) is 36.4 Å². The molecule has 0 spiro atoms. The van der Waals surface area contributed by atoms with Gasteiger partial charge in [-0.1, -0.05) is 41.4 Å². The largest absolute Gasteiger partial charge is 0.340 e. The summed E-state index contributed by atoms with van der Waals surface area (Å²) in [7, 11) is 0. The number of hydrogen-bond donors (Lipinski definition) is 3. The van der Waals surface area contributed by atoms with Gasteiger partial charge in [-0.2, -0.15) is 4.98 Å². The molecule has 0 saturated carbocycles. The lowest BCUT2D eigenvalue weighted by Crippen LogP contribution is -2.12. The van der Waals surface area contributed by atoms with Crippen LogP contribution in [0.2, 0.25) is 5.02 Å². The third kappa shape index (κ3) is 5.42. The van der Waals surface area contributed by atoms with E-state index in [2.05, 4.69) is 25.9 Å². The van der Waals surface area contributed by atoms with Crippen LogP contribution in [0.4, 0.5) is 28.8 Å². The van der Waals surface area contributed by atoms with Crippen molar-refractivity contribution in [2.75, 3.05) is 16.0 Å². The molecule has 0 fully saturated rings. The van der Waals surface area contributed by atoms with E-state index in [9.17, 15) is 4.79 Å². The lowest BCUT2D eigenvalue weighted by molar-refractivity contribution is 0.102. The van der Waals surface area contributed by atoms with Crippen molar-refractivity contribution in [1.82, 2.24) is 9.97 Å². The molecule has 0 atom stereocenters. The molecule has 0 aliphatic heterocycles. The molecule has 6 nitrogen and oxygen atoms in total. The van der Waals surface area contributed by atoms with E-state index in [-0.39, 0.29) is 5.91 Å². The third-order valence-corrected chi connectivity index (χ3v) is 5.03. The Bertz CT molecular complexity index is 1240. The molecule has 7 heteroatoms. The first-order valence-electron chi connectivity index (χ1n) is 10.1. The number of anilines is 5. The third-order valence-electron chi connectivity index (χ3n) is 4.70. The monoisotopic (exact) mass is 443 g/mol. The number of nitrogens with one attached hydrogen (secondary N) is 3. The van der Waals surface area contributed by atoms with Crippen LogP contribution in [0.5, 0.6) is 0 Å². The summed E-state index contributed by atoms with van der Waals surface area (Å²) >= 11 is 6.09. The molecule has 1 heterocycles. The minimum absolute atomic E-state index is 0.259. The fraction of sp³-hybridized carbons (Fsp3) is 0.0800. The quantitative estimate of drug-likeness (QED) is 0.317. The van der Waals surface area contributed by atoms with Gasteiger partial charge >= 0.3 is 0 Å². The second-order valence-corrected chi connectivity index (χ2v) is 7.75. The van der Waals surface area contributed by atoms with Crippen LogP contribution in [0.3, 0.4) is 0 Å². The van der Waals surface area contributed by atoms with E-state index >= 15 is 0 Å². The zero-order chi connectivity index (χ0) is 22.5. The molecular formula is C25H22ClN5O. The predicted molar refractivity (Wildman–Crippen MR) is 130 cm³/mol. The maximum Gasteiger partial charge on any atom is 0.257 e. The molecule has 1 amide bonds. The zero-order valence-corrected chi connectivity index (χ0v) is 18.4. The summed E-state index contributed by atoms with van der Waals surface area (Å²) in [5, 5.41) is 9.76. The first-order valence-corrected chi connectivity index (χ1v) is 10.5. The fourth-order valence-electron chi connectivity index (χ4n) is 3.08. The van der Waals surface area contributed by atoms with Crippen LogP contribution in [-0.4, -0.2) is 15.9 Å². The highest BCUT2D eigenvalue weighted by Crippen LogP contribution is 2.22. The van der Waals surface area contributed by atoms with Crippen molar-refractivity contribution >= 4 is 46.3 Å². The molecule has 0 aliphatic rings. The molecule has 1 aromatic heterocycles. The predicted octanol–water partition coefficient (Wildman–Crippen LogP) is 6.49. The number of aromatic nitrogens is 2. The normalized spacial score (nSPS) is 10.5. The van der Waals surface area contributed by atoms with Crippen LogP contribution >= 0.6 is 11.6 Å². The molecule has 4 rings (SSSR count). The Morgan fingerprint density at radius 2 is 1.41 bits per heavy atom. The van der Waals surface area contributed by atoms with Gasteiger partial charge in [0.25, 0.3) is 5.91 Å². The molecule has 3 N–H and O–H groups in total. The van der Waals surface area contributed by atoms with Gasteiger partial charge in [0.2, 0.25) is 5.95 Å². The number of benzene rings is 3. The number of amides is 1. The highest BCUT2D eigenvalue weighted by Gasteiger charge is 2.10. The van der Waals surface area contributed by atoms with Crippen LogP contribution < -0.4 is 16.0 Å². The Balaban J connectivity index is 1.44. The number of aryl methyl sites for hydroxylation is 2. The van der Waals surface area contributed by atoms with Gasteiger partial charge in [0, 0.05) is 28.8 Å². The topological polar surface area (TPSA) is 78.9 Å². The Kier molecular flexibility index (Phi) is 6.33. The van der Waals surface area contributed by atoms with E-state index in [1.165, 1.54) is 5.56 Å². The summed E-state index contributed by atoms with van der Waals surface area (Å²) in [4.78, 5) is 21.4. The summed E-state index contributed by atoms with van der Waals surface area (Å²) in [5.74, 6) is 0.921. The second-order valence-electron chi connectivity index (χ2n) is 7.35. The van der Waals surface area contributed by atoms with Gasteiger partial charge < -0.3 is 16.0 Å². The maximum absolute atomic E-state index is 12.4. The SMILES string of the molecule is Cc1ccc(Nc2cc(C)nc(Nc3ccc(NC(=O)c4ccccc4Cl)cc3)n2)cc1. The molecule has 3 aromatic carbocycles. The van der Waals surface area contributed by atoms with Crippen molar-refractivity contribution in [2.45, 2.75) is 13.8 Å². The maximum atomic E-state index is 12.4. The van der Waals surface area contributed by atoms with Gasteiger partial charge in [-0.15, -0.1) is 0 Å². The smallest absolute Gasteiger partial charge is 0.257 e. The molecule has 32 heavy (non-hydrogen) atoms. The van der Waals surface area contributed by atoms with Crippen LogP contribution in [0.1, 0.15) is 21.6 Å². The molecule has 0 unspecified atom stereocenters. The van der Waals surface area contributed by atoms with Gasteiger partial charge in [0.1, 0.15) is 5.82 Å². The Morgan fingerprint density at radius 1 is 0.781 bits per heavy atom. The lowest BCUT2D eigenvalue weighted by atomic mass is 10.2. The van der Waals surface area contributed by atoms with Gasteiger partial charge in [-0.05, 0) is 62.4 Å². The van der Waals surface area contributed by atoms with Crippen molar-refractivity contribution in [3.63, 3.8) is 0 Å². The first-order chi connectivity index (χ1) is 15.5. The summed E-state index contributed by atoms with van der Waals surface area (Å²) in [5.41, 5.74) is 4.88. The molecule has 0 aliphatic carbocycles. The molecule has 4 aromatic rings. The number of nitrogens with zero attached hydrogens (tertiary/aromatic N) is 2. The second kappa shape index (κ2) is 9.49. The van der Waals surface area contributed by atoms with Crippen molar-refractivity contribution in [3.05, 3.63) is 101 Å². The molecule has 0 radical (unpaired) electrons. The van der Waals surface area contributed by atoms with Crippen LogP contribution in [0, 0.1) is 13.8 Å². The Morgan fingerprint density at radius 3 is 2.12 bits per heavy atom. The van der Waals surface area contributed by atoms with E-state index in [0.717, 1.165) is 17.1 Å². The highest BCUT2D eigenvalue weighted by atomic mass is 35.5. The van der Waals surface area contributed by atoms with Crippen molar-refractivity contribution in [3.8, 4) is 0 Å². The Labute approximate surface area is 191 Å². The summed E-state index contributed by atoms with van der Waals surface area (Å²) in [6.07, 6.45) is 0. The Hall–Kier alpha value is -3.90. The molecule has 0 saturated heterocycles. The lowest BCUT2D eigenvalue weighted by Gasteiger charge is -2.11. The van der Waals surface area contributed by atoms with Crippen LogP contribution in [0.25, 0.3) is 0 Å². The minimum Gasteiger partial charge on any atom is -0.340 e. The first kappa shape index (κ1) is 21.3. The van der Waals surface area contributed by atoms with Crippen molar-refractivity contribution in [1.29, 1.82) is 0 Å². The highest BCUT2D eigenvalue weighted by molar-refractivity contribution is 6.34. The standard InChI is InChI=1S/C25H22ClN5O/c1-16-7-9-18(10-8-16)28-23-15-17(2)27-25(31-23)30-20-13-11-19(12-14-20)29-24(32)21-5-3-4-6-22(21)26/h3-15H,1-2H3,(H,29,32)(H2,27,28,30,31). The average molecular weight is 444 g/mol. The number of carbonyl (C=O) groups is 1. The van der Waals surface area contributed by atoms with Crippen molar-refractivity contribution in [2.24, 2.45) is 0 Å². The molecule has 0 bridgehead atoms. The molecular weight excluding hydrogens is 422 g/mol. The number of hydrogen-bond acceptors (Lipinski definition) is 5. The number of halogens is 1. The zero-order valence-electron chi connectivity index (χ0n) is 17.7. The summed E-state index contributed by atoms with van der Waals surface area (Å²) in [6.45, 7) is 3.97. The van der Waals surface area contributed by atoms with E-state index in [0.29, 0.717) is 28.0 Å². The van der Waals surface area contributed by atoms with Crippen LogP contribution in [0.15, 0.2) is 78.9 Å². The van der Waals surface area contributed by atoms with Crippen LogP contribution in [-0.2, 0) is 0 Å². The number of rotatable bonds is 6. The summed E-state index contributed by atoms with van der Waals surface area (Å²) in [6, 6.07) is 24.2. The van der Waals surface area contributed by atoms with E-state index in [1.807, 2.05) is 56.3 Å². The van der Waals surface area contributed by atoms with E-state index in [4.69, 9.17) is 11.6 Å². The van der Waals surface area contributed by atoms with Crippen molar-refractivity contribution < 1.29 is 4.79 Å². The minimum atomic E-state index is -0.259. The van der Waals surface area contributed by atoms with Gasteiger partial charge in [-0.25, -0.2) is 4.98 Å². The molecule has 160 valence electrons. The number of carbonyl (C=O) groups excluding carboxylic acids is 1. The van der Waals surface area contributed by atoms with Gasteiger partial charge in [0.15, 0.2) is 0 Å². The van der Waals surface area contributed by atoms with E-state index < -0.39 is 0 Å². The average Bonchev–Trinajstić information content (AvgIpc) is 2.76. The van der Waals surface area contributed by atoms with Gasteiger partial charge in [-0.3, -0.25) is 4.79 Å². The van der Waals surface area contributed by atoms with Gasteiger partial charge in [0.05, 0.1) is 10.6 Å². The fourth-order valence-corrected chi connectivity index (χ4v) is 3.30. The summed E-state index contributed by atoms with van der Waals surface area (Å²) < 4.78 is 0.